The van der Waals surface area contributed by atoms with Gasteiger partial charge < -0.3 is 49.6 Å². The Morgan fingerprint density at radius 3 is 1.27 bits per heavy atom. The molecule has 9 aliphatic heterocycles. The van der Waals surface area contributed by atoms with Crippen molar-refractivity contribution in [2.24, 2.45) is 0 Å². The Labute approximate surface area is 859 Å². The van der Waals surface area contributed by atoms with Gasteiger partial charge in [-0.25, -0.2) is 13.1 Å². The van der Waals surface area contributed by atoms with Crippen LogP contribution in [0.15, 0.2) is 134 Å². The molecule has 1 fully saturated rings. The second kappa shape index (κ2) is 47.0. The smallest absolute Gasteiger partial charge is 0.306 e. The first kappa shape index (κ1) is 116. The Morgan fingerprint density at radius 1 is 0.431 bits per heavy atom. The Morgan fingerprint density at radius 2 is 0.799 bits per heavy atom. The molecule has 17 rings (SSSR count). The highest BCUT2D eigenvalue weighted by molar-refractivity contribution is 7.97. The summed E-state index contributed by atoms with van der Waals surface area (Å²) in [5, 5.41) is 66.6. The molecule has 0 radical (unpaired) electrons. The monoisotopic (exact) mass is 2020 g/mol. The maximum Gasteiger partial charge on any atom is 0.306 e. The van der Waals surface area contributed by atoms with Crippen LogP contribution in [-0.2, 0) is 85.8 Å². The van der Waals surface area contributed by atoms with Gasteiger partial charge in [0, 0.05) is 176 Å². The second-order valence-electron chi connectivity index (χ2n) is 46.0. The Kier molecular flexibility index (Phi) is 37.9. The zero-order valence-electron chi connectivity index (χ0n) is 93.1. The predicted molar refractivity (Wildman–Crippen MR) is 576 cm³/mol. The van der Waals surface area contributed by atoms with Crippen molar-refractivity contribution in [2.45, 2.75) is 364 Å². The number of alkyl halides is 4. The number of likely N-dealkylation sites (N-methyl/N-ethyl adjacent to an activating group) is 4. The molecular weight excluding hydrogens is 1840 g/mol. The van der Waals surface area contributed by atoms with Crippen LogP contribution in [0.5, 0.6) is 0 Å². The Balaban J connectivity index is 0.000000169. The van der Waals surface area contributed by atoms with E-state index in [1.54, 1.807) is 16.4 Å². The lowest BCUT2D eigenvalue weighted by molar-refractivity contribution is -0.0272. The summed E-state index contributed by atoms with van der Waals surface area (Å²) < 4.78 is 86.0. The number of rotatable bonds is 13. The summed E-state index contributed by atoms with van der Waals surface area (Å²) in [7, 11) is 5.36. The van der Waals surface area contributed by atoms with Crippen molar-refractivity contribution < 1.29 is 37.1 Å². The van der Waals surface area contributed by atoms with Crippen LogP contribution < -0.4 is 0 Å². The number of aliphatic hydroxyl groups excluding tert-OH is 2. The van der Waals surface area contributed by atoms with E-state index in [1.165, 1.54) is 44.1 Å². The molecule has 9 aliphatic rings. The number of nitrogens with zero attached hydrogens (tertiary/aromatic N) is 25. The van der Waals surface area contributed by atoms with Crippen molar-refractivity contribution in [3.63, 3.8) is 0 Å². The van der Waals surface area contributed by atoms with Gasteiger partial charge in [-0.15, -0.1) is 0 Å². The van der Waals surface area contributed by atoms with E-state index in [2.05, 4.69) is 308 Å². The fourth-order valence-electron chi connectivity index (χ4n) is 18.8. The minimum Gasteiger partial charge on any atom is -0.390 e. The molecule has 34 heteroatoms. The van der Waals surface area contributed by atoms with Gasteiger partial charge in [0.25, 0.3) is 0 Å². The standard InChI is InChI=1S/C16H26N4O.C15H24FN3.C14H22FN3.C14H23N3O.C14H23N3.C13H21N3O.C12H17F2N3.C12H21N3OS/c1-12(2)16-8-14-4-5-19(13(3)9-20(14)17-16)7-6-18-10-15(21)11-18;1-10(2)13-7-14-12(16)9-18(15(4,5)6)11(3)8-19(14)17-13;1-9(2)13-6-14-12(15)8-17(10(3)4)11(5)7-18(14)16-13;1-9(2)12-6-13-14(18)8-16(10(3)4)11(5)7-17(13)15-12;1-10(2)13-7-12-8-14(4,5)16(6)11(3)9-17(12)15-13;1-9(2)11-6-12-13(4,17)8-15(5)10(3)7-16(12)14-11;1-8(2)10-5-11-12(13,14)7-16(4)9(3)6-17(11)15-10;1-9(2)11-6-12-10(3)7-14(4)17(5,16)8-15(12)13-11/h8,12,15,21H,3-7,9-11H2,1-2H3;7,10,12H,3,8-9H2,1-2,4-6H3;6,9-10,12H,5,7-8H2,1-4H3;6,9-10,14,18H,5,7-8H2,1-4H3;7,10H,3,8-9H2,1-2,4-6H3;6,9,17H,3,7-8H2,1-2,4-5H3;5,8H,3,6-7H2,1-2,4H3;6,9-10H,5,7-8H2,1-4H3. The number of hydrogen-bond acceptors (Lipinski definition) is 20. The van der Waals surface area contributed by atoms with E-state index in [9.17, 15) is 37.1 Å². The maximum absolute atomic E-state index is 14.5. The zero-order valence-corrected chi connectivity index (χ0v) is 94.0. The highest BCUT2D eigenvalue weighted by Crippen LogP contribution is 2.40. The number of allylic oxidation sites excluding steroid dienone is 7. The fourth-order valence-corrected chi connectivity index (χ4v) is 20.1. The predicted octanol–water partition coefficient (Wildman–Crippen LogP) is 18.9. The summed E-state index contributed by atoms with van der Waals surface area (Å²) in [5.74, 6) is 4.62. The van der Waals surface area contributed by atoms with Crippen molar-refractivity contribution in [2.75, 3.05) is 100 Å². The van der Waals surface area contributed by atoms with Crippen LogP contribution in [0.4, 0.5) is 17.6 Å². The number of likely N-dealkylation sites (tertiary alicyclic amines) is 1. The van der Waals surface area contributed by atoms with E-state index in [0.717, 1.165) is 139 Å². The van der Waals surface area contributed by atoms with E-state index < -0.39 is 39.7 Å². The van der Waals surface area contributed by atoms with Crippen LogP contribution in [0.3, 0.4) is 0 Å². The number of fused-ring (bicyclic) bond motifs is 8. The first-order chi connectivity index (χ1) is 66.8. The quantitative estimate of drug-likeness (QED) is 0.0717. The lowest BCUT2D eigenvalue weighted by atomic mass is 9.96. The number of aromatic nitrogens is 16. The molecule has 6 unspecified atom stereocenters. The van der Waals surface area contributed by atoms with Crippen molar-refractivity contribution >= 4 is 15.6 Å². The average molecular weight is 2020 g/mol. The van der Waals surface area contributed by atoms with Crippen LogP contribution in [0.2, 0.25) is 0 Å². The van der Waals surface area contributed by atoms with Gasteiger partial charge in [-0.3, -0.25) is 46.6 Å². The third-order valence-corrected chi connectivity index (χ3v) is 30.6. The highest BCUT2D eigenvalue weighted by Gasteiger charge is 2.42. The normalized spacial score (nSPS) is 22.0. The SMILES string of the molecule is C=C1Cn2nc(C(C)C)cc2C(C)(O)CN1C.C=C1Cn2nc(C(C)C)cc2C(F)(F)CN1C.C=C1Cn2nc(C(C)C)cc2C(F)CN1C(C)(C)C.C=C1Cn2nc(C(C)C)cc2C(F)CN1C(C)C.C=C1Cn2nc(C(C)C)cc2C(O)CN1C(C)C.C=C1Cn2nc(C(C)C)cc2CC(C)(C)N1C.C=C1Cn2nc(C(C)C)cc2CCN1CCN1CC(O)C1.C=S1(=O)Cn2nc(C(C)C)cc2C(C)CN1C. The van der Waals surface area contributed by atoms with Crippen LogP contribution in [-0.4, -0.2) is 277 Å². The summed E-state index contributed by atoms with van der Waals surface area (Å²) in [6.45, 7) is 96.6. The van der Waals surface area contributed by atoms with E-state index in [4.69, 9.17) is 5.10 Å². The lowest BCUT2D eigenvalue weighted by Crippen LogP contribution is -2.52. The summed E-state index contributed by atoms with van der Waals surface area (Å²) in [6, 6.07) is 16.6. The summed E-state index contributed by atoms with van der Waals surface area (Å²) in [5.41, 5.74) is 21.0. The number of hydrogen-bond donors (Lipinski definition) is 3. The van der Waals surface area contributed by atoms with E-state index in [0.29, 0.717) is 141 Å². The molecule has 0 amide bonds. The van der Waals surface area contributed by atoms with Crippen molar-refractivity contribution in [3.8, 4) is 0 Å². The highest BCUT2D eigenvalue weighted by atomic mass is 32.2. The molecule has 800 valence electrons. The Hall–Kier alpha value is -10.00. The van der Waals surface area contributed by atoms with Gasteiger partial charge in [-0.05, 0) is 178 Å². The molecular formula is C110H177F4N25O4S. The van der Waals surface area contributed by atoms with Gasteiger partial charge in [0.1, 0.15) is 23.3 Å². The van der Waals surface area contributed by atoms with Gasteiger partial charge in [-0.2, -0.15) is 49.6 Å². The van der Waals surface area contributed by atoms with E-state index in [1.807, 2.05) is 92.2 Å². The maximum atomic E-state index is 14.5. The molecule has 0 aromatic carbocycles. The number of halogens is 4. The van der Waals surface area contributed by atoms with Gasteiger partial charge >= 0.3 is 5.92 Å². The number of aliphatic hydroxyl groups is 3. The first-order valence-corrected chi connectivity index (χ1v) is 53.7. The third-order valence-electron chi connectivity index (χ3n) is 28.7. The summed E-state index contributed by atoms with van der Waals surface area (Å²) in [6.07, 6.45) is -0.572. The van der Waals surface area contributed by atoms with Crippen LogP contribution in [0.1, 0.15) is 350 Å². The molecule has 0 bridgehead atoms. The lowest BCUT2D eigenvalue weighted by Gasteiger charge is -2.38. The van der Waals surface area contributed by atoms with Crippen molar-refractivity contribution in [1.29, 1.82) is 0 Å². The molecule has 0 saturated carbocycles. The molecule has 1 saturated heterocycles. The summed E-state index contributed by atoms with van der Waals surface area (Å²) >= 11 is 0. The molecule has 17 heterocycles. The molecule has 8 aromatic heterocycles. The minimum absolute atomic E-state index is 0.00769. The third kappa shape index (κ3) is 28.5. The Bertz CT molecular complexity index is 5690. The van der Waals surface area contributed by atoms with Gasteiger partial charge in [0.2, 0.25) is 0 Å². The molecule has 0 spiro atoms. The zero-order chi connectivity index (χ0) is 107. The topological polar surface area (TPSA) is 249 Å². The van der Waals surface area contributed by atoms with Gasteiger partial charge in [0.15, 0.2) is 12.3 Å². The second-order valence-corrected chi connectivity index (χ2v) is 48.5. The largest absolute Gasteiger partial charge is 0.390 e. The first-order valence-electron chi connectivity index (χ1n) is 51.9. The van der Waals surface area contributed by atoms with E-state index in [-0.39, 0.29) is 41.4 Å². The fraction of sp³-hybridized carbons (Fsp3) is 0.645. The average Bonchev–Trinajstić information content (AvgIpc) is 1.63. The molecule has 144 heavy (non-hydrogen) atoms. The van der Waals surface area contributed by atoms with Gasteiger partial charge in [0.05, 0.1) is 146 Å². The minimum atomic E-state index is -2.88. The molecule has 3 N–H and O–H groups in total. The van der Waals surface area contributed by atoms with E-state index >= 15 is 0 Å². The molecule has 8 aromatic rings. The van der Waals surface area contributed by atoms with Crippen molar-refractivity contribution in [3.05, 3.63) is 226 Å². The number of β-amino-alcohol motifs (C(OH)–C–C–N with tert-alkyl or cyclic N) is 3. The van der Waals surface area contributed by atoms with Gasteiger partial charge in [-0.1, -0.05) is 164 Å². The molecule has 29 nitrogen and oxygen atoms in total. The molecule has 6 atom stereocenters. The summed E-state index contributed by atoms with van der Waals surface area (Å²) in [4.78, 5) is 16.6. The van der Waals surface area contributed by atoms with Crippen LogP contribution in [0, 0.1) is 0 Å². The van der Waals surface area contributed by atoms with Crippen LogP contribution >= 0.6 is 0 Å². The van der Waals surface area contributed by atoms with Crippen LogP contribution in [0.25, 0.3) is 0 Å². The van der Waals surface area contributed by atoms with Crippen molar-refractivity contribution in [1.82, 2.24) is 122 Å². The molecule has 0 aliphatic carbocycles.